The van der Waals surface area contributed by atoms with E-state index in [0.29, 0.717) is 0 Å². The summed E-state index contributed by atoms with van der Waals surface area (Å²) >= 11 is 0. The Morgan fingerprint density at radius 1 is 0.944 bits per heavy atom. The number of ether oxygens (including phenoxy) is 1. The van der Waals surface area contributed by atoms with Gasteiger partial charge in [0.05, 0.1) is 13.7 Å². The lowest BCUT2D eigenvalue weighted by Crippen LogP contribution is -2.47. The number of methoxy groups -OCH3 is 1. The molecule has 0 atom stereocenters. The van der Waals surface area contributed by atoms with Gasteiger partial charge in [-0.15, -0.1) is 0 Å². The minimum atomic E-state index is 0.791. The van der Waals surface area contributed by atoms with Crippen LogP contribution in [0.25, 0.3) is 22.0 Å². The normalized spacial score (nSPS) is 14.6. The molecular formula is C30H36N4O2. The molecule has 6 heteroatoms. The number of hydrogen-bond donors (Lipinski definition) is 0. The second-order valence-corrected chi connectivity index (χ2v) is 9.45. The van der Waals surface area contributed by atoms with Crippen molar-refractivity contribution >= 4 is 16.5 Å². The van der Waals surface area contributed by atoms with Crippen LogP contribution in [0.4, 0.5) is 5.69 Å². The van der Waals surface area contributed by atoms with E-state index in [4.69, 9.17) is 9.26 Å². The fourth-order valence-corrected chi connectivity index (χ4v) is 5.07. The smallest absolute Gasteiger partial charge is 0.151 e. The number of anilines is 1. The number of hydrogen-bond acceptors (Lipinski definition) is 6. The van der Waals surface area contributed by atoms with Crippen molar-refractivity contribution in [2.75, 3.05) is 57.8 Å². The van der Waals surface area contributed by atoms with E-state index in [1.165, 1.54) is 16.5 Å². The van der Waals surface area contributed by atoms with E-state index < -0.39 is 0 Å². The Labute approximate surface area is 214 Å². The molecule has 5 rings (SSSR count). The summed E-state index contributed by atoms with van der Waals surface area (Å²) in [5, 5.41) is 6.83. The molecule has 3 aromatic carbocycles. The van der Waals surface area contributed by atoms with Crippen LogP contribution < -0.4 is 9.64 Å². The number of nitrogens with zero attached hydrogens (tertiary/aromatic N) is 4. The first kappa shape index (κ1) is 24.3. The number of rotatable bonds is 10. The minimum Gasteiger partial charge on any atom is -0.497 e. The van der Waals surface area contributed by atoms with Crippen LogP contribution in [0.5, 0.6) is 5.75 Å². The van der Waals surface area contributed by atoms with Gasteiger partial charge in [-0.2, -0.15) is 0 Å². The Morgan fingerprint density at radius 2 is 1.72 bits per heavy atom. The lowest BCUT2D eigenvalue weighted by Gasteiger charge is -2.36. The molecule has 0 spiro atoms. The van der Waals surface area contributed by atoms with E-state index in [9.17, 15) is 0 Å². The van der Waals surface area contributed by atoms with Crippen molar-refractivity contribution < 1.29 is 9.26 Å². The lowest BCUT2D eigenvalue weighted by molar-refractivity contribution is 0.206. The van der Waals surface area contributed by atoms with Crippen molar-refractivity contribution in [2.45, 2.75) is 19.9 Å². The molecule has 1 fully saturated rings. The number of benzene rings is 3. The zero-order valence-corrected chi connectivity index (χ0v) is 21.4. The van der Waals surface area contributed by atoms with Crippen LogP contribution in [-0.4, -0.2) is 67.9 Å². The zero-order valence-electron chi connectivity index (χ0n) is 21.4. The highest BCUT2D eigenvalue weighted by Gasteiger charge is 2.18. The molecule has 6 nitrogen and oxygen atoms in total. The van der Waals surface area contributed by atoms with Crippen molar-refractivity contribution in [3.63, 3.8) is 0 Å². The minimum absolute atomic E-state index is 0.791. The van der Waals surface area contributed by atoms with Crippen molar-refractivity contribution in [1.82, 2.24) is 15.0 Å². The van der Waals surface area contributed by atoms with Gasteiger partial charge in [-0.05, 0) is 61.1 Å². The average molecular weight is 485 g/mol. The monoisotopic (exact) mass is 484 g/mol. The fourth-order valence-electron chi connectivity index (χ4n) is 5.07. The molecule has 0 aliphatic carbocycles. The maximum atomic E-state index is 5.75. The summed E-state index contributed by atoms with van der Waals surface area (Å²) in [6.45, 7) is 10.5. The summed E-state index contributed by atoms with van der Waals surface area (Å²) in [7, 11) is 1.71. The van der Waals surface area contributed by atoms with E-state index >= 15 is 0 Å². The van der Waals surface area contributed by atoms with Crippen LogP contribution in [0.2, 0.25) is 0 Å². The third-order valence-corrected chi connectivity index (χ3v) is 7.21. The fraction of sp³-hybridized carbons (Fsp3) is 0.367. The highest BCUT2D eigenvalue weighted by molar-refractivity contribution is 5.95. The van der Waals surface area contributed by atoms with Gasteiger partial charge in [0.25, 0.3) is 0 Å². The van der Waals surface area contributed by atoms with Gasteiger partial charge in [-0.1, -0.05) is 54.5 Å². The number of aromatic nitrogens is 1. The molecule has 0 N–H and O–H groups in total. The summed E-state index contributed by atoms with van der Waals surface area (Å²) in [4.78, 5) is 7.49. The summed E-state index contributed by atoms with van der Waals surface area (Å²) < 4.78 is 11.0. The molecule has 2 heterocycles. The quantitative estimate of drug-likeness (QED) is 0.295. The Bertz CT molecular complexity index is 1240. The van der Waals surface area contributed by atoms with Crippen LogP contribution in [-0.2, 0) is 6.54 Å². The van der Waals surface area contributed by atoms with Crippen molar-refractivity contribution in [3.05, 3.63) is 78.6 Å². The Morgan fingerprint density at radius 3 is 2.50 bits per heavy atom. The predicted octanol–water partition coefficient (Wildman–Crippen LogP) is 5.54. The molecule has 1 saturated heterocycles. The van der Waals surface area contributed by atoms with Gasteiger partial charge < -0.3 is 14.2 Å². The van der Waals surface area contributed by atoms with Crippen LogP contribution in [0, 0.1) is 0 Å². The second-order valence-electron chi connectivity index (χ2n) is 9.45. The number of piperazine rings is 1. The first-order valence-electron chi connectivity index (χ1n) is 13.0. The molecule has 36 heavy (non-hydrogen) atoms. The lowest BCUT2D eigenvalue weighted by atomic mass is 10.0. The van der Waals surface area contributed by atoms with E-state index in [-0.39, 0.29) is 0 Å². The predicted molar refractivity (Wildman–Crippen MR) is 147 cm³/mol. The molecule has 0 saturated carbocycles. The van der Waals surface area contributed by atoms with E-state index in [1.54, 1.807) is 7.11 Å². The molecule has 1 aliphatic heterocycles. The van der Waals surface area contributed by atoms with E-state index in [0.717, 1.165) is 81.5 Å². The highest BCUT2D eigenvalue weighted by Crippen LogP contribution is 2.28. The van der Waals surface area contributed by atoms with Gasteiger partial charge in [0.2, 0.25) is 0 Å². The third-order valence-electron chi connectivity index (χ3n) is 7.21. The molecule has 0 radical (unpaired) electrons. The van der Waals surface area contributed by atoms with Gasteiger partial charge in [0.15, 0.2) is 5.76 Å². The van der Waals surface area contributed by atoms with Gasteiger partial charge in [0.1, 0.15) is 11.4 Å². The van der Waals surface area contributed by atoms with Crippen LogP contribution in [0.15, 0.2) is 77.3 Å². The topological polar surface area (TPSA) is 45.0 Å². The molecule has 188 valence electrons. The van der Waals surface area contributed by atoms with Gasteiger partial charge in [-0.3, -0.25) is 9.80 Å². The Hall–Kier alpha value is -3.35. The Balaban J connectivity index is 1.09. The summed E-state index contributed by atoms with van der Waals surface area (Å²) in [6.07, 6.45) is 1.15. The van der Waals surface area contributed by atoms with E-state index in [2.05, 4.69) is 87.4 Å². The molecule has 1 aliphatic rings. The highest BCUT2D eigenvalue weighted by atomic mass is 16.5. The summed E-state index contributed by atoms with van der Waals surface area (Å²) in [5.74, 6) is 1.83. The molecule has 0 amide bonds. The zero-order chi connectivity index (χ0) is 24.7. The van der Waals surface area contributed by atoms with Crippen molar-refractivity contribution in [2.24, 2.45) is 0 Å². The maximum absolute atomic E-state index is 5.75. The van der Waals surface area contributed by atoms with Gasteiger partial charge >= 0.3 is 0 Å². The van der Waals surface area contributed by atoms with Crippen LogP contribution >= 0.6 is 0 Å². The summed E-state index contributed by atoms with van der Waals surface area (Å²) in [6, 6.07) is 25.3. The van der Waals surface area contributed by atoms with Crippen LogP contribution in [0.3, 0.4) is 0 Å². The van der Waals surface area contributed by atoms with Crippen molar-refractivity contribution in [1.29, 1.82) is 0 Å². The molecule has 0 unspecified atom stereocenters. The third kappa shape index (κ3) is 5.72. The second kappa shape index (κ2) is 11.6. The maximum Gasteiger partial charge on any atom is 0.151 e. The first-order chi connectivity index (χ1) is 17.7. The standard InChI is InChI=1S/C30H36N4O2/c1-3-32(16-7-17-33-18-20-34(21-19-33)25-12-14-26(35-2)15-13-25)23-27-22-30(31-36-27)29-11-6-9-24-8-4-5-10-28(24)29/h4-6,8-15,22H,3,7,16-21,23H2,1-2H3. The van der Waals surface area contributed by atoms with Gasteiger partial charge in [-0.25, -0.2) is 0 Å². The van der Waals surface area contributed by atoms with E-state index in [1.807, 2.05) is 12.1 Å². The van der Waals surface area contributed by atoms with Gasteiger partial charge in [0, 0.05) is 43.5 Å². The Kier molecular flexibility index (Phi) is 7.84. The summed E-state index contributed by atoms with van der Waals surface area (Å²) in [5.41, 5.74) is 3.31. The molecule has 1 aromatic heterocycles. The molecule has 4 aromatic rings. The number of fused-ring (bicyclic) bond motifs is 1. The first-order valence-corrected chi connectivity index (χ1v) is 13.0. The SMILES string of the molecule is CCN(CCCN1CCN(c2ccc(OC)cc2)CC1)Cc1cc(-c2cccc3ccccc23)no1. The average Bonchev–Trinajstić information content (AvgIpc) is 3.41. The molecular weight excluding hydrogens is 448 g/mol. The largest absolute Gasteiger partial charge is 0.497 e. The van der Waals surface area contributed by atoms with Crippen LogP contribution in [0.1, 0.15) is 19.1 Å². The molecule has 0 bridgehead atoms. The van der Waals surface area contributed by atoms with Crippen molar-refractivity contribution in [3.8, 4) is 17.0 Å².